The Bertz CT molecular complexity index is 763. The molecule has 1 N–H and O–H groups in total. The zero-order valence-electron chi connectivity index (χ0n) is 17.2. The molecule has 3 fully saturated rings. The van der Waals surface area contributed by atoms with Crippen molar-refractivity contribution in [1.29, 1.82) is 0 Å². The average Bonchev–Trinajstić information content (AvgIpc) is 2.93. The molecule has 4 aliphatic rings. The Kier molecular flexibility index (Phi) is 4.54. The summed E-state index contributed by atoms with van der Waals surface area (Å²) in [5, 5.41) is 11.1. The summed E-state index contributed by atoms with van der Waals surface area (Å²) in [6.07, 6.45) is 14.6. The van der Waals surface area contributed by atoms with Gasteiger partial charge in [0.15, 0.2) is 0 Å². The molecule has 8 atom stereocenters. The van der Waals surface area contributed by atoms with Crippen LogP contribution in [0.15, 0.2) is 11.6 Å². The van der Waals surface area contributed by atoms with Crippen LogP contribution in [-0.2, 0) is 14.3 Å². The molecule has 0 radical (unpaired) electrons. The molecular formula is C24H32O4. The summed E-state index contributed by atoms with van der Waals surface area (Å²) in [6, 6.07) is 0. The molecule has 3 saturated carbocycles. The highest BCUT2D eigenvalue weighted by molar-refractivity contribution is 5.69. The molecule has 0 aromatic carbocycles. The number of esters is 1. The molecule has 4 nitrogen and oxygen atoms in total. The summed E-state index contributed by atoms with van der Waals surface area (Å²) >= 11 is 0. The van der Waals surface area contributed by atoms with Crippen LogP contribution < -0.4 is 0 Å². The van der Waals surface area contributed by atoms with Crippen LogP contribution in [0.5, 0.6) is 0 Å². The average molecular weight is 385 g/mol. The monoisotopic (exact) mass is 384 g/mol. The fourth-order valence-corrected chi connectivity index (χ4v) is 7.51. The van der Waals surface area contributed by atoms with Crippen molar-refractivity contribution >= 4 is 12.3 Å². The number of allylic oxidation sites excluding steroid dienone is 1. The quantitative estimate of drug-likeness (QED) is 0.341. The van der Waals surface area contributed by atoms with Gasteiger partial charge < -0.3 is 14.6 Å². The van der Waals surface area contributed by atoms with Crippen LogP contribution in [0.2, 0.25) is 0 Å². The van der Waals surface area contributed by atoms with Crippen LogP contribution in [-0.4, -0.2) is 29.1 Å². The van der Waals surface area contributed by atoms with Crippen molar-refractivity contribution in [1.82, 2.24) is 0 Å². The predicted octanol–water partition coefficient (Wildman–Crippen LogP) is 3.67. The van der Waals surface area contributed by atoms with E-state index in [4.69, 9.17) is 11.2 Å². The first-order valence-electron chi connectivity index (χ1n) is 10.8. The minimum absolute atomic E-state index is 0.118. The number of ether oxygens (including phenoxy) is 1. The van der Waals surface area contributed by atoms with Gasteiger partial charge in [-0.05, 0) is 62.2 Å². The zero-order chi connectivity index (χ0) is 20.3. The lowest BCUT2D eigenvalue weighted by molar-refractivity contribution is -0.150. The summed E-state index contributed by atoms with van der Waals surface area (Å²) in [6.45, 7) is 5.86. The Balaban J connectivity index is 1.71. The van der Waals surface area contributed by atoms with E-state index in [-0.39, 0.29) is 23.4 Å². The number of carbonyl (C=O) groups excluding carboxylic acids is 2. The summed E-state index contributed by atoms with van der Waals surface area (Å²) in [5.41, 5.74) is -0.580. The van der Waals surface area contributed by atoms with Crippen molar-refractivity contribution in [3.05, 3.63) is 11.6 Å². The van der Waals surface area contributed by atoms with E-state index in [0.717, 1.165) is 32.1 Å². The maximum atomic E-state index is 12.5. The number of carbonyl (C=O) groups is 2. The molecule has 0 unspecified atom stereocenters. The third-order valence-electron chi connectivity index (χ3n) is 8.92. The van der Waals surface area contributed by atoms with Crippen LogP contribution in [0.1, 0.15) is 65.7 Å². The van der Waals surface area contributed by atoms with E-state index in [9.17, 15) is 14.7 Å². The molecule has 4 rings (SSSR count). The summed E-state index contributed by atoms with van der Waals surface area (Å²) in [5.74, 6) is 3.78. The number of hydrogen-bond acceptors (Lipinski definition) is 4. The predicted molar refractivity (Wildman–Crippen MR) is 106 cm³/mol. The highest BCUT2D eigenvalue weighted by Crippen LogP contribution is 2.67. The van der Waals surface area contributed by atoms with Gasteiger partial charge in [-0.15, -0.1) is 6.42 Å². The smallest absolute Gasteiger partial charge is 0.302 e. The number of fused-ring (bicyclic) bond motifs is 5. The highest BCUT2D eigenvalue weighted by atomic mass is 16.5. The van der Waals surface area contributed by atoms with Gasteiger partial charge >= 0.3 is 5.97 Å². The molecule has 0 spiro atoms. The molecule has 0 amide bonds. The van der Waals surface area contributed by atoms with Gasteiger partial charge in [0.25, 0.3) is 0 Å². The fourth-order valence-electron chi connectivity index (χ4n) is 7.51. The third-order valence-corrected chi connectivity index (χ3v) is 8.92. The summed E-state index contributed by atoms with van der Waals surface area (Å²) in [4.78, 5) is 23.9. The molecule has 28 heavy (non-hydrogen) atoms. The van der Waals surface area contributed by atoms with Crippen molar-refractivity contribution in [2.24, 2.45) is 34.5 Å². The fraction of sp³-hybridized carbons (Fsp3) is 0.750. The number of aliphatic hydroxyl groups is 1. The molecule has 0 aromatic rings. The van der Waals surface area contributed by atoms with E-state index in [1.54, 1.807) is 0 Å². The van der Waals surface area contributed by atoms with Gasteiger partial charge in [-0.2, -0.15) is 0 Å². The minimum Gasteiger partial charge on any atom is -0.462 e. The van der Waals surface area contributed by atoms with E-state index in [2.05, 4.69) is 25.8 Å². The second kappa shape index (κ2) is 6.46. The largest absolute Gasteiger partial charge is 0.462 e. The topological polar surface area (TPSA) is 63.6 Å². The normalized spacial score (nSPS) is 49.7. The Morgan fingerprint density at radius 2 is 2.00 bits per heavy atom. The molecule has 0 heterocycles. The van der Waals surface area contributed by atoms with Crippen LogP contribution in [0.3, 0.4) is 0 Å². The lowest BCUT2D eigenvalue weighted by Crippen LogP contribution is -2.57. The lowest BCUT2D eigenvalue weighted by Gasteiger charge is -2.59. The first-order chi connectivity index (χ1) is 13.2. The number of hydrogen-bond donors (Lipinski definition) is 1. The second-order valence-corrected chi connectivity index (χ2v) is 9.97. The van der Waals surface area contributed by atoms with Gasteiger partial charge in [0.05, 0.1) is 5.41 Å². The molecule has 4 aliphatic carbocycles. The molecule has 4 heteroatoms. The summed E-state index contributed by atoms with van der Waals surface area (Å²) < 4.78 is 5.48. The van der Waals surface area contributed by atoms with Crippen LogP contribution in [0.4, 0.5) is 0 Å². The van der Waals surface area contributed by atoms with Crippen molar-refractivity contribution in [2.75, 3.05) is 0 Å². The van der Waals surface area contributed by atoms with Crippen LogP contribution in [0, 0.1) is 46.8 Å². The second-order valence-electron chi connectivity index (χ2n) is 9.97. The first-order valence-corrected chi connectivity index (χ1v) is 10.8. The molecule has 0 aromatic heterocycles. The van der Waals surface area contributed by atoms with Crippen molar-refractivity contribution in [2.45, 2.75) is 77.4 Å². The van der Waals surface area contributed by atoms with E-state index in [1.165, 1.54) is 18.8 Å². The Hall–Kier alpha value is -1.60. The zero-order valence-corrected chi connectivity index (χ0v) is 17.2. The Labute approximate surface area is 168 Å². The number of aldehydes is 1. The SMILES string of the molecule is C#C[C@]1(O)CC[C@H]2[C@@H]3[C@H](C)C=C4C[C@@H](OC(C)=O)CC[C@]4(C=O)[C@H]3CC[C@@]21C. The Morgan fingerprint density at radius 1 is 1.29 bits per heavy atom. The van der Waals surface area contributed by atoms with Crippen LogP contribution >= 0.6 is 0 Å². The van der Waals surface area contributed by atoms with Crippen LogP contribution in [0.25, 0.3) is 0 Å². The molecule has 0 saturated heterocycles. The van der Waals surface area contributed by atoms with Gasteiger partial charge in [0, 0.05) is 18.8 Å². The summed E-state index contributed by atoms with van der Waals surface area (Å²) in [7, 11) is 0. The van der Waals surface area contributed by atoms with Gasteiger partial charge in [0.1, 0.15) is 18.0 Å². The molecular weight excluding hydrogens is 352 g/mol. The minimum atomic E-state index is -1.03. The van der Waals surface area contributed by atoms with E-state index < -0.39 is 11.0 Å². The third kappa shape index (κ3) is 2.48. The maximum absolute atomic E-state index is 12.5. The molecule has 152 valence electrons. The van der Waals surface area contributed by atoms with Gasteiger partial charge in [-0.1, -0.05) is 31.4 Å². The van der Waals surface area contributed by atoms with E-state index in [0.29, 0.717) is 30.6 Å². The maximum Gasteiger partial charge on any atom is 0.302 e. The molecule has 0 aliphatic heterocycles. The van der Waals surface area contributed by atoms with Crippen molar-refractivity contribution in [3.8, 4) is 12.3 Å². The van der Waals surface area contributed by atoms with Gasteiger partial charge in [-0.3, -0.25) is 4.79 Å². The number of terminal acetylenes is 1. The Morgan fingerprint density at radius 3 is 2.64 bits per heavy atom. The van der Waals surface area contributed by atoms with Gasteiger partial charge in [-0.25, -0.2) is 0 Å². The lowest BCUT2D eigenvalue weighted by atomic mass is 9.45. The highest BCUT2D eigenvalue weighted by Gasteiger charge is 2.65. The number of rotatable bonds is 2. The molecule has 0 bridgehead atoms. The van der Waals surface area contributed by atoms with E-state index >= 15 is 0 Å². The standard InChI is InChI=1S/C24H32O4/c1-5-24(27)11-8-19-21-15(2)12-17-13-18(28-16(3)26)6-10-23(17,14-25)20(21)7-9-22(19,24)4/h1,12,14-15,18-21,27H,6-11,13H2,2-4H3/t15-,18+,19+,20+,21+,22+,23-,24+/m1/s1. The van der Waals surface area contributed by atoms with Gasteiger partial charge in [0.2, 0.25) is 0 Å². The van der Waals surface area contributed by atoms with Crippen molar-refractivity contribution < 1.29 is 19.4 Å². The van der Waals surface area contributed by atoms with Crippen molar-refractivity contribution in [3.63, 3.8) is 0 Å². The first kappa shape index (κ1) is 19.7. The van der Waals surface area contributed by atoms with E-state index in [1.807, 2.05) is 0 Å².